The quantitative estimate of drug-likeness (QED) is 0.724. The number of carbonyl (C=O) groups is 2. The van der Waals surface area contributed by atoms with Gasteiger partial charge in [0.2, 0.25) is 5.91 Å². The molecular formula is C15H21NO4S. The molecule has 6 heteroatoms. The molecule has 5 nitrogen and oxygen atoms in total. The summed E-state index contributed by atoms with van der Waals surface area (Å²) in [6, 6.07) is 4.12. The molecule has 0 saturated heterocycles. The van der Waals surface area contributed by atoms with E-state index in [1.54, 1.807) is 6.92 Å². The number of rotatable bonds is 7. The highest BCUT2D eigenvalue weighted by molar-refractivity contribution is 8.01. The average Bonchev–Trinajstić information content (AvgIpc) is 3.23. The molecule has 0 N–H and O–H groups in total. The summed E-state index contributed by atoms with van der Waals surface area (Å²) in [5.41, 5.74) is 0. The number of hydrogen-bond acceptors (Lipinski definition) is 5. The minimum Gasteiger partial charge on any atom is -0.468 e. The van der Waals surface area contributed by atoms with Crippen molar-refractivity contribution < 1.29 is 18.7 Å². The fraction of sp³-hybridized carbons (Fsp3) is 0.600. The molecular weight excluding hydrogens is 290 g/mol. The van der Waals surface area contributed by atoms with Crippen molar-refractivity contribution in [1.29, 1.82) is 0 Å². The maximum atomic E-state index is 12.4. The average molecular weight is 311 g/mol. The van der Waals surface area contributed by atoms with E-state index in [4.69, 9.17) is 4.42 Å². The summed E-state index contributed by atoms with van der Waals surface area (Å²) >= 11 is 1.31. The van der Waals surface area contributed by atoms with Crippen LogP contribution in [-0.4, -0.2) is 40.9 Å². The molecule has 1 saturated carbocycles. The largest absolute Gasteiger partial charge is 0.468 e. The molecule has 21 heavy (non-hydrogen) atoms. The Morgan fingerprint density at radius 3 is 2.71 bits per heavy atom. The van der Waals surface area contributed by atoms with E-state index in [1.807, 2.05) is 24.0 Å². The molecule has 1 aromatic heterocycles. The fourth-order valence-electron chi connectivity index (χ4n) is 2.06. The molecule has 0 aromatic carbocycles. The van der Waals surface area contributed by atoms with Gasteiger partial charge in [0.15, 0.2) is 0 Å². The first-order valence-electron chi connectivity index (χ1n) is 7.05. The zero-order valence-corrected chi connectivity index (χ0v) is 13.4. The van der Waals surface area contributed by atoms with Gasteiger partial charge in [-0.15, -0.1) is 11.8 Å². The van der Waals surface area contributed by atoms with Crippen LogP contribution in [0, 0.1) is 6.92 Å². The van der Waals surface area contributed by atoms with Crippen LogP contribution in [0.2, 0.25) is 0 Å². The highest BCUT2D eigenvalue weighted by Crippen LogP contribution is 2.29. The number of ether oxygens (including phenoxy) is 1. The molecule has 0 radical (unpaired) electrons. The minimum atomic E-state index is -0.328. The van der Waals surface area contributed by atoms with Gasteiger partial charge in [0.25, 0.3) is 0 Å². The first-order valence-corrected chi connectivity index (χ1v) is 8.10. The van der Waals surface area contributed by atoms with Gasteiger partial charge < -0.3 is 14.1 Å². The number of nitrogens with zero attached hydrogens (tertiary/aromatic N) is 1. The van der Waals surface area contributed by atoms with E-state index >= 15 is 0 Å². The second kappa shape index (κ2) is 7.02. The van der Waals surface area contributed by atoms with E-state index < -0.39 is 0 Å². The summed E-state index contributed by atoms with van der Waals surface area (Å²) < 4.78 is 10.2. The Balaban J connectivity index is 1.89. The summed E-state index contributed by atoms with van der Waals surface area (Å²) in [4.78, 5) is 25.6. The van der Waals surface area contributed by atoms with Crippen LogP contribution in [0.1, 0.15) is 31.3 Å². The summed E-state index contributed by atoms with van der Waals surface area (Å²) in [6.07, 6.45) is 2.09. The van der Waals surface area contributed by atoms with Gasteiger partial charge in [0.05, 0.1) is 19.4 Å². The van der Waals surface area contributed by atoms with Crippen LogP contribution in [-0.2, 0) is 20.9 Å². The molecule has 1 fully saturated rings. The van der Waals surface area contributed by atoms with Crippen molar-refractivity contribution in [2.75, 3.05) is 12.9 Å². The fourth-order valence-corrected chi connectivity index (χ4v) is 2.85. The predicted molar refractivity (Wildman–Crippen MR) is 81.0 cm³/mol. The number of aryl methyl sites for hydroxylation is 1. The predicted octanol–water partition coefficient (Wildman–Crippen LogP) is 2.37. The third-order valence-corrected chi connectivity index (χ3v) is 4.53. The van der Waals surface area contributed by atoms with Gasteiger partial charge in [0.1, 0.15) is 16.8 Å². The zero-order chi connectivity index (χ0) is 15.4. The molecule has 1 heterocycles. The van der Waals surface area contributed by atoms with Gasteiger partial charge in [-0.3, -0.25) is 9.59 Å². The first kappa shape index (κ1) is 15.9. The maximum absolute atomic E-state index is 12.4. The number of furan rings is 1. The van der Waals surface area contributed by atoms with Gasteiger partial charge in [-0.1, -0.05) is 0 Å². The lowest BCUT2D eigenvalue weighted by molar-refractivity contribution is -0.139. The molecule has 1 unspecified atom stereocenters. The van der Waals surface area contributed by atoms with Crippen molar-refractivity contribution in [1.82, 2.24) is 4.90 Å². The molecule has 0 spiro atoms. The summed E-state index contributed by atoms with van der Waals surface area (Å²) in [6.45, 7) is 4.15. The van der Waals surface area contributed by atoms with E-state index in [9.17, 15) is 9.59 Å². The Hall–Kier alpha value is -1.43. The topological polar surface area (TPSA) is 59.8 Å². The van der Waals surface area contributed by atoms with Crippen molar-refractivity contribution in [2.45, 2.75) is 44.5 Å². The molecule has 0 aliphatic heterocycles. The molecule has 116 valence electrons. The Morgan fingerprint density at radius 2 is 2.19 bits per heavy atom. The van der Waals surface area contributed by atoms with Crippen LogP contribution in [0.25, 0.3) is 0 Å². The normalized spacial score (nSPS) is 15.6. The van der Waals surface area contributed by atoms with Crippen LogP contribution < -0.4 is 0 Å². The van der Waals surface area contributed by atoms with Crippen LogP contribution in [0.5, 0.6) is 0 Å². The summed E-state index contributed by atoms with van der Waals surface area (Å²) in [5.74, 6) is 1.69. The van der Waals surface area contributed by atoms with E-state index in [0.717, 1.165) is 24.4 Å². The van der Waals surface area contributed by atoms with Gasteiger partial charge in [-0.2, -0.15) is 0 Å². The number of esters is 1. The minimum absolute atomic E-state index is 0.0484. The molecule has 1 aliphatic rings. The number of methoxy groups -OCH3 is 1. The third-order valence-electron chi connectivity index (χ3n) is 3.42. The lowest BCUT2D eigenvalue weighted by Gasteiger charge is -2.21. The van der Waals surface area contributed by atoms with Gasteiger partial charge in [0, 0.05) is 6.04 Å². The van der Waals surface area contributed by atoms with Crippen molar-refractivity contribution in [3.63, 3.8) is 0 Å². The molecule has 1 atom stereocenters. The van der Waals surface area contributed by atoms with E-state index in [-0.39, 0.29) is 22.9 Å². The number of hydrogen-bond donors (Lipinski definition) is 0. The Kier molecular flexibility index (Phi) is 5.33. The smallest absolute Gasteiger partial charge is 0.318 e. The number of thioether (sulfide) groups is 1. The lowest BCUT2D eigenvalue weighted by Crippen LogP contribution is -2.34. The van der Waals surface area contributed by atoms with Gasteiger partial charge in [-0.25, -0.2) is 0 Å². The van der Waals surface area contributed by atoms with Crippen molar-refractivity contribution in [3.05, 3.63) is 23.7 Å². The monoisotopic (exact) mass is 311 g/mol. The molecule has 1 aromatic rings. The molecule has 1 amide bonds. The van der Waals surface area contributed by atoms with Crippen molar-refractivity contribution in [3.8, 4) is 0 Å². The number of amides is 1. The standard InChI is InChI=1S/C15H21NO4S/c1-10-4-7-13(20-10)8-16(12-5-6-12)14(17)9-21-11(2)15(18)19-3/h4,7,11-12H,5-6,8-9H2,1-3H3. The van der Waals surface area contributed by atoms with E-state index in [2.05, 4.69) is 4.74 Å². The molecule has 2 rings (SSSR count). The summed E-state index contributed by atoms with van der Waals surface area (Å²) in [7, 11) is 1.36. The van der Waals surface area contributed by atoms with Crippen LogP contribution in [0.4, 0.5) is 0 Å². The lowest BCUT2D eigenvalue weighted by atomic mass is 10.3. The Labute approximate surface area is 129 Å². The van der Waals surface area contributed by atoms with E-state index in [0.29, 0.717) is 12.6 Å². The summed E-state index contributed by atoms with van der Waals surface area (Å²) in [5, 5.41) is -0.328. The van der Waals surface area contributed by atoms with Crippen LogP contribution in [0.15, 0.2) is 16.5 Å². The highest BCUT2D eigenvalue weighted by Gasteiger charge is 2.33. The maximum Gasteiger partial charge on any atom is 0.318 e. The molecule has 0 bridgehead atoms. The van der Waals surface area contributed by atoms with Gasteiger partial charge >= 0.3 is 5.97 Å². The van der Waals surface area contributed by atoms with E-state index in [1.165, 1.54) is 18.9 Å². The van der Waals surface area contributed by atoms with Crippen LogP contribution >= 0.6 is 11.8 Å². The Bertz CT molecular complexity index is 510. The van der Waals surface area contributed by atoms with Gasteiger partial charge in [-0.05, 0) is 38.8 Å². The second-order valence-corrected chi connectivity index (χ2v) is 6.57. The number of carbonyl (C=O) groups excluding carboxylic acids is 2. The second-order valence-electron chi connectivity index (χ2n) is 5.24. The first-order chi connectivity index (χ1) is 10.0. The van der Waals surface area contributed by atoms with Crippen molar-refractivity contribution >= 4 is 23.6 Å². The Morgan fingerprint density at radius 1 is 1.48 bits per heavy atom. The third kappa shape index (κ3) is 4.52. The molecule has 1 aliphatic carbocycles. The SMILES string of the molecule is COC(=O)C(C)SCC(=O)N(Cc1ccc(C)o1)C1CC1. The van der Waals surface area contributed by atoms with Crippen molar-refractivity contribution in [2.24, 2.45) is 0 Å². The zero-order valence-electron chi connectivity index (χ0n) is 12.6. The highest BCUT2D eigenvalue weighted by atomic mass is 32.2. The van der Waals surface area contributed by atoms with Crippen LogP contribution in [0.3, 0.4) is 0 Å².